The Morgan fingerprint density at radius 2 is 1.56 bits per heavy atom. The highest BCUT2D eigenvalue weighted by Gasteiger charge is 2.46. The maximum atomic E-state index is 13.2. The van der Waals surface area contributed by atoms with Crippen LogP contribution in [0.1, 0.15) is 46.1 Å². The van der Waals surface area contributed by atoms with E-state index in [4.69, 9.17) is 0 Å². The summed E-state index contributed by atoms with van der Waals surface area (Å²) in [6.45, 7) is 6.29. The number of rotatable bonds is 6. The van der Waals surface area contributed by atoms with E-state index in [0.29, 0.717) is 18.9 Å². The molecule has 1 amide bonds. The number of alkyl halides is 3. The fraction of sp³-hybridized carbons (Fsp3) is 0.650. The topological polar surface area (TPSA) is 101 Å². The first-order valence-electron chi connectivity index (χ1n) is 9.99. The molecule has 2 rings (SSSR count). The number of sulfone groups is 1. The molecule has 0 aliphatic carbocycles. The number of piperidine rings is 1. The molecule has 0 bridgehead atoms. The van der Waals surface area contributed by atoms with E-state index < -0.39 is 58.6 Å². The molecule has 1 aromatic carbocycles. The van der Waals surface area contributed by atoms with Crippen molar-refractivity contribution < 1.29 is 34.8 Å². The molecule has 0 saturated carbocycles. The number of hydrogen-bond donors (Lipinski definition) is 1. The normalized spacial score (nSPS) is 17.4. The molecule has 0 atom stereocenters. The van der Waals surface area contributed by atoms with Gasteiger partial charge in [-0.15, -0.1) is 0 Å². The van der Waals surface area contributed by atoms with Crippen LogP contribution in [0.5, 0.6) is 0 Å². The lowest BCUT2D eigenvalue weighted by Gasteiger charge is -2.42. The average molecular weight is 499 g/mol. The van der Waals surface area contributed by atoms with Crippen LogP contribution in [0, 0.1) is 5.92 Å². The molecule has 0 aromatic heterocycles. The second-order valence-corrected chi connectivity index (χ2v) is 13.5. The van der Waals surface area contributed by atoms with Gasteiger partial charge in [0, 0.05) is 13.1 Å². The number of carbonyl (C=O) groups excluding carboxylic acids is 1. The summed E-state index contributed by atoms with van der Waals surface area (Å²) in [5.41, 5.74) is -2.39. The molecule has 182 valence electrons. The summed E-state index contributed by atoms with van der Waals surface area (Å²) in [4.78, 5) is 13.9. The lowest BCUT2D eigenvalue weighted by Crippen LogP contribution is -2.58. The highest BCUT2D eigenvalue weighted by atomic mass is 32.2. The van der Waals surface area contributed by atoms with Gasteiger partial charge in [-0.1, -0.05) is 6.07 Å². The third-order valence-corrected chi connectivity index (χ3v) is 9.38. The average Bonchev–Trinajstić information content (AvgIpc) is 2.65. The third-order valence-electron chi connectivity index (χ3n) is 5.90. The van der Waals surface area contributed by atoms with Crippen molar-refractivity contribution >= 4 is 25.8 Å². The zero-order valence-corrected chi connectivity index (χ0v) is 20.3. The SMILES string of the molecule is CC(C)(NS(C)(=O)=O)C(=O)N1CCC(C(C)(C)S(=O)(=O)c2cccc(C(F)(F)F)c2)CC1. The molecule has 0 unspecified atom stereocenters. The van der Waals surface area contributed by atoms with Gasteiger partial charge in [-0.3, -0.25) is 4.79 Å². The van der Waals surface area contributed by atoms with Crippen LogP contribution in [0.25, 0.3) is 0 Å². The summed E-state index contributed by atoms with van der Waals surface area (Å²) in [6.07, 6.45) is -3.08. The second kappa shape index (κ2) is 8.60. The summed E-state index contributed by atoms with van der Waals surface area (Å²) in [7, 11) is -7.73. The number of hydrogen-bond acceptors (Lipinski definition) is 5. The molecule has 12 heteroatoms. The number of benzene rings is 1. The fourth-order valence-corrected chi connectivity index (χ4v) is 6.88. The molecule has 0 radical (unpaired) electrons. The van der Waals surface area contributed by atoms with Gasteiger partial charge in [0.05, 0.1) is 21.5 Å². The lowest BCUT2D eigenvalue weighted by molar-refractivity contribution is -0.138. The van der Waals surface area contributed by atoms with E-state index in [1.54, 1.807) is 0 Å². The summed E-state index contributed by atoms with van der Waals surface area (Å²) in [6, 6.07) is 3.70. The number of halogens is 3. The van der Waals surface area contributed by atoms with E-state index in [1.807, 2.05) is 0 Å². The minimum absolute atomic E-state index is 0.208. The fourth-order valence-electron chi connectivity index (χ4n) is 4.04. The van der Waals surface area contributed by atoms with Crippen LogP contribution in [-0.4, -0.2) is 57.3 Å². The van der Waals surface area contributed by atoms with Gasteiger partial charge in [0.1, 0.15) is 5.54 Å². The van der Waals surface area contributed by atoms with Crippen LogP contribution in [0.4, 0.5) is 13.2 Å². The quantitative estimate of drug-likeness (QED) is 0.650. The summed E-state index contributed by atoms with van der Waals surface area (Å²) < 4.78 is 89.6. The van der Waals surface area contributed by atoms with Crippen molar-refractivity contribution in [1.29, 1.82) is 0 Å². The number of nitrogens with zero attached hydrogens (tertiary/aromatic N) is 1. The summed E-state index contributed by atoms with van der Waals surface area (Å²) in [5.74, 6) is -0.836. The van der Waals surface area contributed by atoms with Crippen LogP contribution >= 0.6 is 0 Å². The molecule has 1 heterocycles. The van der Waals surface area contributed by atoms with Crippen LogP contribution in [0.15, 0.2) is 29.2 Å². The number of carbonyl (C=O) groups is 1. The zero-order valence-electron chi connectivity index (χ0n) is 18.7. The largest absolute Gasteiger partial charge is 0.416 e. The Kier molecular flexibility index (Phi) is 7.15. The van der Waals surface area contributed by atoms with Crippen molar-refractivity contribution in [3.8, 4) is 0 Å². The zero-order chi connectivity index (χ0) is 24.8. The first-order valence-corrected chi connectivity index (χ1v) is 13.4. The number of amides is 1. The Morgan fingerprint density at radius 1 is 1.03 bits per heavy atom. The number of nitrogens with one attached hydrogen (secondary N) is 1. The molecule has 1 fully saturated rings. The van der Waals surface area contributed by atoms with E-state index in [9.17, 15) is 34.8 Å². The van der Waals surface area contributed by atoms with Gasteiger partial charge < -0.3 is 4.90 Å². The van der Waals surface area contributed by atoms with Crippen LogP contribution < -0.4 is 4.72 Å². The minimum atomic E-state index is -4.66. The van der Waals surface area contributed by atoms with Gasteiger partial charge >= 0.3 is 6.18 Å². The minimum Gasteiger partial charge on any atom is -0.341 e. The molecule has 1 N–H and O–H groups in total. The molecule has 0 spiro atoms. The van der Waals surface area contributed by atoms with Crippen LogP contribution in [0.3, 0.4) is 0 Å². The maximum Gasteiger partial charge on any atom is 0.416 e. The number of sulfonamides is 1. The molecular formula is C20H29F3N2O5S2. The molecule has 1 aliphatic rings. The van der Waals surface area contributed by atoms with Crippen LogP contribution in [-0.2, 0) is 30.8 Å². The lowest BCUT2D eigenvalue weighted by atomic mass is 9.85. The Morgan fingerprint density at radius 3 is 2.03 bits per heavy atom. The highest BCUT2D eigenvalue weighted by Crippen LogP contribution is 2.39. The highest BCUT2D eigenvalue weighted by molar-refractivity contribution is 7.92. The maximum absolute atomic E-state index is 13.2. The predicted octanol–water partition coefficient (Wildman–Crippen LogP) is 2.82. The van der Waals surface area contributed by atoms with Gasteiger partial charge in [-0.25, -0.2) is 21.6 Å². The Bertz CT molecular complexity index is 1070. The molecule has 1 aliphatic heterocycles. The van der Waals surface area contributed by atoms with E-state index in [1.165, 1.54) is 32.6 Å². The van der Waals surface area contributed by atoms with E-state index in [2.05, 4.69) is 4.72 Å². The van der Waals surface area contributed by atoms with Gasteiger partial charge in [-0.05, 0) is 64.7 Å². The van der Waals surface area contributed by atoms with E-state index >= 15 is 0 Å². The van der Waals surface area contributed by atoms with E-state index in [0.717, 1.165) is 24.5 Å². The van der Waals surface area contributed by atoms with Gasteiger partial charge in [-0.2, -0.15) is 13.2 Å². The Balaban J connectivity index is 2.20. The molecule has 1 aromatic rings. The van der Waals surface area contributed by atoms with Gasteiger partial charge in [0.25, 0.3) is 0 Å². The van der Waals surface area contributed by atoms with Gasteiger partial charge in [0.15, 0.2) is 9.84 Å². The molecule has 32 heavy (non-hydrogen) atoms. The van der Waals surface area contributed by atoms with Gasteiger partial charge in [0.2, 0.25) is 15.9 Å². The number of likely N-dealkylation sites (tertiary alicyclic amines) is 1. The third kappa shape index (κ3) is 5.63. The second-order valence-electron chi connectivity index (χ2n) is 9.20. The first kappa shape index (κ1) is 26.6. The van der Waals surface area contributed by atoms with Crippen molar-refractivity contribution in [2.45, 2.75) is 61.9 Å². The van der Waals surface area contributed by atoms with Crippen molar-refractivity contribution in [2.75, 3.05) is 19.3 Å². The Labute approximate surface area is 187 Å². The van der Waals surface area contributed by atoms with E-state index in [-0.39, 0.29) is 13.1 Å². The molecular weight excluding hydrogens is 469 g/mol. The summed E-state index contributed by atoms with van der Waals surface area (Å²) >= 11 is 0. The molecule has 1 saturated heterocycles. The monoisotopic (exact) mass is 498 g/mol. The standard InChI is InChI=1S/C20H29F3N2O5S2/c1-18(2,24-31(5,27)28)17(26)25-11-9-14(10-12-25)19(3,4)32(29,30)16-8-6-7-15(13-16)20(21,22)23/h6-8,13-14,24H,9-12H2,1-5H3. The molecule has 7 nitrogen and oxygen atoms in total. The van der Waals surface area contributed by atoms with Crippen molar-refractivity contribution in [3.05, 3.63) is 29.8 Å². The summed E-state index contributed by atoms with van der Waals surface area (Å²) in [5, 5.41) is 0. The van der Waals surface area contributed by atoms with Crippen molar-refractivity contribution in [2.24, 2.45) is 5.92 Å². The first-order chi connectivity index (χ1) is 14.3. The van der Waals surface area contributed by atoms with Crippen molar-refractivity contribution in [3.63, 3.8) is 0 Å². The van der Waals surface area contributed by atoms with Crippen molar-refractivity contribution in [1.82, 2.24) is 9.62 Å². The smallest absolute Gasteiger partial charge is 0.341 e. The predicted molar refractivity (Wildman–Crippen MR) is 114 cm³/mol. The Hall–Kier alpha value is -1.66. The van der Waals surface area contributed by atoms with Crippen LogP contribution in [0.2, 0.25) is 0 Å².